The molecule has 0 bridgehead atoms. The fraction of sp³-hybridized carbons (Fsp3) is 0.350. The number of carbonyl (C=O) groups excluding carboxylic acids is 1. The molecule has 2 aromatic carbocycles. The van der Waals surface area contributed by atoms with Crippen LogP contribution in [0.5, 0.6) is 0 Å². The quantitative estimate of drug-likeness (QED) is 0.809. The summed E-state index contributed by atoms with van der Waals surface area (Å²) < 4.78 is 37.9. The molecule has 142 valence electrons. The lowest BCUT2D eigenvalue weighted by Crippen LogP contribution is -2.61. The van der Waals surface area contributed by atoms with Gasteiger partial charge in [-0.15, -0.1) is 0 Å². The number of amides is 1. The van der Waals surface area contributed by atoms with Gasteiger partial charge in [0.15, 0.2) is 9.84 Å². The van der Waals surface area contributed by atoms with Crippen LogP contribution in [0.4, 0.5) is 10.1 Å². The molecule has 0 saturated carbocycles. The number of aryl methyl sites for hydroxylation is 1. The van der Waals surface area contributed by atoms with Gasteiger partial charge in [-0.1, -0.05) is 24.3 Å². The maximum absolute atomic E-state index is 13.2. The van der Waals surface area contributed by atoms with Crippen LogP contribution in [0.1, 0.15) is 11.1 Å². The molecule has 27 heavy (non-hydrogen) atoms. The summed E-state index contributed by atoms with van der Waals surface area (Å²) in [5.74, 6) is -0.424. The minimum atomic E-state index is -3.23. The van der Waals surface area contributed by atoms with E-state index in [-0.39, 0.29) is 35.8 Å². The zero-order valence-corrected chi connectivity index (χ0v) is 15.8. The SMILES string of the molecule is Cc1cccc(N2C(=O)CN(Cc3ccc(F)cc3)[C@H]3CS(=O)(=O)C[C@H]32)c1. The Balaban J connectivity index is 1.66. The summed E-state index contributed by atoms with van der Waals surface area (Å²) in [6.07, 6.45) is 0. The summed E-state index contributed by atoms with van der Waals surface area (Å²) in [5, 5.41) is 0. The lowest BCUT2D eigenvalue weighted by atomic mass is 10.0. The van der Waals surface area contributed by atoms with Gasteiger partial charge in [0.2, 0.25) is 5.91 Å². The Morgan fingerprint density at radius 2 is 1.78 bits per heavy atom. The molecule has 0 aromatic heterocycles. The molecule has 0 N–H and O–H groups in total. The number of hydrogen-bond donors (Lipinski definition) is 0. The normalized spacial score (nSPS) is 24.8. The second kappa shape index (κ2) is 6.73. The molecule has 0 aliphatic carbocycles. The number of carbonyl (C=O) groups is 1. The number of anilines is 1. The maximum atomic E-state index is 13.2. The fourth-order valence-electron chi connectivity index (χ4n) is 4.07. The Hall–Kier alpha value is -2.25. The summed E-state index contributed by atoms with van der Waals surface area (Å²) in [4.78, 5) is 16.5. The fourth-order valence-corrected chi connectivity index (χ4v) is 6.05. The van der Waals surface area contributed by atoms with Crippen molar-refractivity contribution in [1.82, 2.24) is 4.90 Å². The van der Waals surface area contributed by atoms with Crippen LogP contribution in [0, 0.1) is 12.7 Å². The van der Waals surface area contributed by atoms with E-state index in [1.54, 1.807) is 17.0 Å². The van der Waals surface area contributed by atoms with Crippen molar-refractivity contribution in [3.63, 3.8) is 0 Å². The summed E-state index contributed by atoms with van der Waals surface area (Å²) in [7, 11) is -3.23. The van der Waals surface area contributed by atoms with E-state index in [0.717, 1.165) is 16.8 Å². The van der Waals surface area contributed by atoms with Gasteiger partial charge in [-0.2, -0.15) is 0 Å². The molecule has 2 aliphatic rings. The predicted octanol–water partition coefficient (Wildman–Crippen LogP) is 2.15. The van der Waals surface area contributed by atoms with E-state index in [1.807, 2.05) is 36.1 Å². The van der Waals surface area contributed by atoms with E-state index in [1.165, 1.54) is 12.1 Å². The zero-order chi connectivity index (χ0) is 19.2. The molecule has 7 heteroatoms. The molecular formula is C20H21FN2O3S. The number of nitrogens with zero attached hydrogens (tertiary/aromatic N) is 2. The zero-order valence-electron chi connectivity index (χ0n) is 15.0. The highest BCUT2D eigenvalue weighted by Gasteiger charge is 2.49. The molecule has 2 aromatic rings. The van der Waals surface area contributed by atoms with Crippen LogP contribution in [-0.4, -0.2) is 49.4 Å². The van der Waals surface area contributed by atoms with E-state index >= 15 is 0 Å². The van der Waals surface area contributed by atoms with Crippen molar-refractivity contribution in [1.29, 1.82) is 0 Å². The van der Waals surface area contributed by atoms with Gasteiger partial charge in [-0.25, -0.2) is 12.8 Å². The molecule has 4 rings (SSSR count). The molecule has 0 spiro atoms. The molecule has 2 saturated heterocycles. The second-order valence-electron chi connectivity index (χ2n) is 7.35. The number of fused-ring (bicyclic) bond motifs is 1. The average Bonchev–Trinajstić information content (AvgIpc) is 2.92. The number of piperazine rings is 1. The third kappa shape index (κ3) is 3.61. The molecule has 2 fully saturated rings. The summed E-state index contributed by atoms with van der Waals surface area (Å²) >= 11 is 0. The van der Waals surface area contributed by atoms with Crippen molar-refractivity contribution in [3.8, 4) is 0 Å². The largest absolute Gasteiger partial charge is 0.306 e. The summed E-state index contributed by atoms with van der Waals surface area (Å²) in [5.41, 5.74) is 2.62. The third-order valence-corrected chi connectivity index (χ3v) is 6.98. The molecule has 0 unspecified atom stereocenters. The second-order valence-corrected chi connectivity index (χ2v) is 9.50. The van der Waals surface area contributed by atoms with Crippen LogP contribution in [0.2, 0.25) is 0 Å². The van der Waals surface area contributed by atoms with Crippen molar-refractivity contribution < 1.29 is 17.6 Å². The minimum absolute atomic E-state index is 0.0305. The molecule has 2 heterocycles. The first kappa shape index (κ1) is 18.1. The van der Waals surface area contributed by atoms with Gasteiger partial charge in [-0.05, 0) is 42.3 Å². The van der Waals surface area contributed by atoms with Crippen molar-refractivity contribution in [2.75, 3.05) is 23.0 Å². The van der Waals surface area contributed by atoms with Gasteiger partial charge in [0, 0.05) is 18.3 Å². The maximum Gasteiger partial charge on any atom is 0.241 e. The lowest BCUT2D eigenvalue weighted by molar-refractivity contribution is -0.123. The minimum Gasteiger partial charge on any atom is -0.306 e. The van der Waals surface area contributed by atoms with Crippen LogP contribution >= 0.6 is 0 Å². The first-order valence-corrected chi connectivity index (χ1v) is 10.7. The predicted molar refractivity (Wildman–Crippen MR) is 102 cm³/mol. The van der Waals surface area contributed by atoms with Crippen LogP contribution in [0.15, 0.2) is 48.5 Å². The van der Waals surface area contributed by atoms with Gasteiger partial charge in [0.05, 0.1) is 24.1 Å². The smallest absolute Gasteiger partial charge is 0.241 e. The number of hydrogen-bond acceptors (Lipinski definition) is 4. The van der Waals surface area contributed by atoms with Crippen molar-refractivity contribution in [2.24, 2.45) is 0 Å². The van der Waals surface area contributed by atoms with E-state index in [0.29, 0.717) is 6.54 Å². The summed E-state index contributed by atoms with van der Waals surface area (Å²) in [6, 6.07) is 13.0. The van der Waals surface area contributed by atoms with Gasteiger partial charge in [0.25, 0.3) is 0 Å². The van der Waals surface area contributed by atoms with Crippen molar-refractivity contribution in [3.05, 3.63) is 65.5 Å². The molecule has 1 amide bonds. The molecular weight excluding hydrogens is 367 g/mol. The van der Waals surface area contributed by atoms with Gasteiger partial charge < -0.3 is 4.90 Å². The Morgan fingerprint density at radius 3 is 2.48 bits per heavy atom. The van der Waals surface area contributed by atoms with Crippen LogP contribution < -0.4 is 4.90 Å². The van der Waals surface area contributed by atoms with Gasteiger partial charge in [-0.3, -0.25) is 9.69 Å². The standard InChI is InChI=1S/C20H21FN2O3S/c1-14-3-2-4-17(9-14)23-19-13-27(25,26)12-18(19)22(11-20(23)24)10-15-5-7-16(21)8-6-15/h2-9,18-19H,10-13H2,1H3/t18-,19+/m0/s1. The monoisotopic (exact) mass is 388 g/mol. The number of sulfone groups is 1. The van der Waals surface area contributed by atoms with Crippen LogP contribution in [0.3, 0.4) is 0 Å². The first-order chi connectivity index (χ1) is 12.8. The lowest BCUT2D eigenvalue weighted by Gasteiger charge is -2.43. The number of halogens is 1. The first-order valence-electron chi connectivity index (χ1n) is 8.90. The van der Waals surface area contributed by atoms with Crippen molar-refractivity contribution >= 4 is 21.4 Å². The highest BCUT2D eigenvalue weighted by Crippen LogP contribution is 2.32. The van der Waals surface area contributed by atoms with Gasteiger partial charge >= 0.3 is 0 Å². The average molecular weight is 388 g/mol. The van der Waals surface area contributed by atoms with E-state index < -0.39 is 15.9 Å². The topological polar surface area (TPSA) is 57.7 Å². The highest BCUT2D eigenvalue weighted by molar-refractivity contribution is 7.91. The van der Waals surface area contributed by atoms with Gasteiger partial charge in [0.1, 0.15) is 5.82 Å². The molecule has 5 nitrogen and oxygen atoms in total. The number of benzene rings is 2. The Labute approximate surface area is 158 Å². The highest BCUT2D eigenvalue weighted by atomic mass is 32.2. The van der Waals surface area contributed by atoms with E-state index in [9.17, 15) is 17.6 Å². The Morgan fingerprint density at radius 1 is 1.07 bits per heavy atom. The Bertz CT molecular complexity index is 975. The molecule has 0 radical (unpaired) electrons. The molecule has 2 aliphatic heterocycles. The van der Waals surface area contributed by atoms with E-state index in [2.05, 4.69) is 0 Å². The number of rotatable bonds is 3. The van der Waals surface area contributed by atoms with Crippen molar-refractivity contribution in [2.45, 2.75) is 25.6 Å². The van der Waals surface area contributed by atoms with Crippen LogP contribution in [-0.2, 0) is 21.2 Å². The third-order valence-electron chi connectivity index (χ3n) is 5.28. The Kier molecular flexibility index (Phi) is 4.52. The summed E-state index contributed by atoms with van der Waals surface area (Å²) in [6.45, 7) is 2.51. The van der Waals surface area contributed by atoms with Crippen LogP contribution in [0.25, 0.3) is 0 Å². The molecule has 2 atom stereocenters. The van der Waals surface area contributed by atoms with E-state index in [4.69, 9.17) is 0 Å².